The van der Waals surface area contributed by atoms with Gasteiger partial charge in [0.25, 0.3) is 10.1 Å². The van der Waals surface area contributed by atoms with Gasteiger partial charge in [-0.1, -0.05) is 51.7 Å². The fraction of sp³-hybridized carbons (Fsp3) is 0.478. The van der Waals surface area contributed by atoms with E-state index in [0.29, 0.717) is 0 Å². The van der Waals surface area contributed by atoms with E-state index in [0.717, 1.165) is 55.3 Å². The molecule has 4 N–H and O–H groups in total. The highest BCUT2D eigenvalue weighted by Gasteiger charge is 2.42. The maximum absolute atomic E-state index is 11.8. The highest BCUT2D eigenvalue weighted by molar-refractivity contribution is 7.85. The van der Waals surface area contributed by atoms with Gasteiger partial charge in [-0.05, 0) is 59.4 Å². The number of hydrogen-bond donors (Lipinski definition) is 2. The van der Waals surface area contributed by atoms with Crippen LogP contribution in [0.2, 0.25) is 0 Å². The van der Waals surface area contributed by atoms with Crippen LogP contribution in [0.25, 0.3) is 11.1 Å². The zero-order valence-corrected chi connectivity index (χ0v) is 18.8. The van der Waals surface area contributed by atoms with E-state index in [1.807, 2.05) is 20.2 Å². The minimum atomic E-state index is -4.23. The van der Waals surface area contributed by atoms with Gasteiger partial charge in [-0.3, -0.25) is 4.55 Å². The predicted molar refractivity (Wildman–Crippen MR) is 121 cm³/mol. The third kappa shape index (κ3) is 4.20. The van der Waals surface area contributed by atoms with Crippen LogP contribution in [-0.2, 0) is 15.5 Å². The Labute approximate surface area is 175 Å². The molecule has 29 heavy (non-hydrogen) atoms. The van der Waals surface area contributed by atoms with E-state index in [9.17, 15) is 13.0 Å². The first-order valence-corrected chi connectivity index (χ1v) is 11.6. The van der Waals surface area contributed by atoms with Crippen LogP contribution in [0, 0.1) is 0 Å². The van der Waals surface area contributed by atoms with Crippen LogP contribution < -0.4 is 11.1 Å². The van der Waals surface area contributed by atoms with Gasteiger partial charge in [0.15, 0.2) is 0 Å². The van der Waals surface area contributed by atoms with Crippen LogP contribution in [0.1, 0.15) is 63.5 Å². The van der Waals surface area contributed by atoms with E-state index in [2.05, 4.69) is 36.9 Å². The first-order valence-electron chi connectivity index (χ1n) is 10.2. The number of rotatable bonds is 8. The highest BCUT2D eigenvalue weighted by atomic mass is 32.2. The molecule has 6 heteroatoms. The van der Waals surface area contributed by atoms with Gasteiger partial charge in [-0.2, -0.15) is 8.42 Å². The Morgan fingerprint density at radius 3 is 1.90 bits per heavy atom. The molecule has 0 spiro atoms. The lowest BCUT2D eigenvalue weighted by Gasteiger charge is -2.33. The number of fused-ring (bicyclic) bond motifs is 3. The minimum absolute atomic E-state index is 0. The fourth-order valence-electron chi connectivity index (χ4n) is 4.52. The van der Waals surface area contributed by atoms with Gasteiger partial charge in [0.2, 0.25) is 0 Å². The predicted octanol–water partition coefficient (Wildman–Crippen LogP) is 5.81. The van der Waals surface area contributed by atoms with Crippen LogP contribution in [0.3, 0.4) is 0 Å². The van der Waals surface area contributed by atoms with E-state index in [-0.39, 0.29) is 16.5 Å². The van der Waals surface area contributed by atoms with Gasteiger partial charge in [0.1, 0.15) is 0 Å². The standard InChI is InChI=1S/C23H31NO3S.H3N/c1-5-7-13-23(14-8-6-2)21-15-17(24(3)4)9-11-19(21)20-12-10-18(16-22(20)23)28(25,26)27;/h9-12,15-16H,5-8,13-14H2,1-4H3,(H,25,26,27);1H3. The smallest absolute Gasteiger partial charge is 0.294 e. The van der Waals surface area contributed by atoms with E-state index in [1.54, 1.807) is 6.07 Å². The second-order valence-electron chi connectivity index (χ2n) is 8.10. The number of benzene rings is 2. The summed E-state index contributed by atoms with van der Waals surface area (Å²) in [7, 11) is -0.149. The van der Waals surface area contributed by atoms with Crippen molar-refractivity contribution < 1.29 is 13.0 Å². The van der Waals surface area contributed by atoms with E-state index in [1.165, 1.54) is 17.2 Å². The summed E-state index contributed by atoms with van der Waals surface area (Å²) in [5.74, 6) is 0. The molecule has 0 unspecified atom stereocenters. The molecule has 0 amide bonds. The average molecular weight is 419 g/mol. The lowest BCUT2D eigenvalue weighted by atomic mass is 9.71. The molecule has 5 nitrogen and oxygen atoms in total. The summed E-state index contributed by atoms with van der Waals surface area (Å²) in [6, 6.07) is 11.7. The molecule has 0 aliphatic heterocycles. The maximum atomic E-state index is 11.8. The van der Waals surface area contributed by atoms with Crippen molar-refractivity contribution in [3.05, 3.63) is 47.5 Å². The molecule has 0 saturated carbocycles. The van der Waals surface area contributed by atoms with Gasteiger partial charge in [-0.15, -0.1) is 0 Å². The molecular weight excluding hydrogens is 384 g/mol. The van der Waals surface area contributed by atoms with Gasteiger partial charge in [0, 0.05) is 25.2 Å². The summed E-state index contributed by atoms with van der Waals surface area (Å²) >= 11 is 0. The Kier molecular flexibility index (Phi) is 7.14. The summed E-state index contributed by atoms with van der Waals surface area (Å²) < 4.78 is 33.3. The van der Waals surface area contributed by atoms with Crippen molar-refractivity contribution in [2.24, 2.45) is 0 Å². The number of nitrogens with zero attached hydrogens (tertiary/aromatic N) is 1. The Morgan fingerprint density at radius 1 is 0.897 bits per heavy atom. The van der Waals surface area contributed by atoms with E-state index >= 15 is 0 Å². The molecule has 3 rings (SSSR count). The third-order valence-electron chi connectivity index (χ3n) is 6.04. The molecule has 0 atom stereocenters. The fourth-order valence-corrected chi connectivity index (χ4v) is 5.03. The molecule has 0 fully saturated rings. The first-order chi connectivity index (χ1) is 13.2. The van der Waals surface area contributed by atoms with Crippen molar-refractivity contribution >= 4 is 15.8 Å². The van der Waals surface area contributed by atoms with Crippen molar-refractivity contribution in [1.82, 2.24) is 6.15 Å². The van der Waals surface area contributed by atoms with Gasteiger partial charge < -0.3 is 11.1 Å². The molecule has 0 aromatic heterocycles. The molecule has 1 aliphatic carbocycles. The topological polar surface area (TPSA) is 92.6 Å². The van der Waals surface area contributed by atoms with Gasteiger partial charge in [0.05, 0.1) is 4.90 Å². The monoisotopic (exact) mass is 418 g/mol. The molecule has 0 bridgehead atoms. The van der Waals surface area contributed by atoms with Crippen molar-refractivity contribution in [1.29, 1.82) is 0 Å². The maximum Gasteiger partial charge on any atom is 0.294 e. The lowest BCUT2D eigenvalue weighted by Crippen LogP contribution is -2.26. The lowest BCUT2D eigenvalue weighted by molar-refractivity contribution is 0.413. The molecule has 0 heterocycles. The quantitative estimate of drug-likeness (QED) is 0.528. The first kappa shape index (κ1) is 23.4. The summed E-state index contributed by atoms with van der Waals surface area (Å²) in [5, 5.41) is 0. The van der Waals surface area contributed by atoms with Crippen molar-refractivity contribution in [3.63, 3.8) is 0 Å². The zero-order valence-electron chi connectivity index (χ0n) is 18.0. The summed E-state index contributed by atoms with van der Waals surface area (Å²) in [5.41, 5.74) is 5.58. The molecule has 2 aromatic carbocycles. The van der Waals surface area contributed by atoms with Crippen LogP contribution >= 0.6 is 0 Å². The van der Waals surface area contributed by atoms with Crippen molar-refractivity contribution in [2.75, 3.05) is 19.0 Å². The van der Waals surface area contributed by atoms with Crippen LogP contribution in [0.15, 0.2) is 41.3 Å². The van der Waals surface area contributed by atoms with Gasteiger partial charge in [-0.25, -0.2) is 0 Å². The molecule has 2 aromatic rings. The molecule has 0 radical (unpaired) electrons. The van der Waals surface area contributed by atoms with Crippen LogP contribution in [0.5, 0.6) is 0 Å². The summed E-state index contributed by atoms with van der Waals surface area (Å²) in [4.78, 5) is 2.10. The largest absolute Gasteiger partial charge is 0.378 e. The molecule has 0 saturated heterocycles. The third-order valence-corrected chi connectivity index (χ3v) is 6.89. The molecule has 160 valence electrons. The average Bonchev–Trinajstić information content (AvgIpc) is 2.93. The second kappa shape index (κ2) is 8.86. The van der Waals surface area contributed by atoms with Crippen molar-refractivity contribution in [3.8, 4) is 11.1 Å². The van der Waals surface area contributed by atoms with Crippen molar-refractivity contribution in [2.45, 2.75) is 62.7 Å². The van der Waals surface area contributed by atoms with E-state index in [4.69, 9.17) is 0 Å². The number of unbranched alkanes of at least 4 members (excludes halogenated alkanes) is 2. The summed E-state index contributed by atoms with van der Waals surface area (Å²) in [6.45, 7) is 4.38. The van der Waals surface area contributed by atoms with Crippen LogP contribution in [0.4, 0.5) is 5.69 Å². The Hall–Kier alpha value is -1.89. The van der Waals surface area contributed by atoms with Crippen LogP contribution in [-0.4, -0.2) is 27.1 Å². The highest BCUT2D eigenvalue weighted by Crippen LogP contribution is 2.55. The zero-order chi connectivity index (χ0) is 20.5. The number of hydrogen-bond acceptors (Lipinski definition) is 4. The molecular formula is C23H34N2O3S. The minimum Gasteiger partial charge on any atom is -0.378 e. The summed E-state index contributed by atoms with van der Waals surface area (Å²) in [6.07, 6.45) is 6.29. The second-order valence-corrected chi connectivity index (χ2v) is 9.52. The Balaban J connectivity index is 0.00000300. The number of anilines is 1. The normalized spacial score (nSPS) is 14.1. The molecule has 1 aliphatic rings. The van der Waals surface area contributed by atoms with E-state index < -0.39 is 10.1 Å². The van der Waals surface area contributed by atoms with Gasteiger partial charge >= 0.3 is 0 Å². The Morgan fingerprint density at radius 2 is 1.41 bits per heavy atom. The Bertz CT molecular complexity index is 960. The SMILES string of the molecule is CCCCC1(CCCC)c2cc(N(C)C)ccc2-c2ccc(S(=O)(=O)O)cc21.N.